The normalized spacial score (nSPS) is 15.3. The molecule has 0 aliphatic carbocycles. The fourth-order valence-corrected chi connectivity index (χ4v) is 9.47. The summed E-state index contributed by atoms with van der Waals surface area (Å²) in [5.41, 5.74) is 2.06. The van der Waals surface area contributed by atoms with Gasteiger partial charge >= 0.3 is 0 Å². The van der Waals surface area contributed by atoms with Crippen LogP contribution < -0.4 is 0 Å². The maximum Gasteiger partial charge on any atom is 0.261 e. The Morgan fingerprint density at radius 3 is 1.04 bits per heavy atom. The Hall–Kier alpha value is -4.98. The molecule has 5 aromatic carbocycles. The van der Waals surface area contributed by atoms with E-state index in [0.717, 1.165) is 109 Å². The van der Waals surface area contributed by atoms with Gasteiger partial charge in [-0.2, -0.15) is 0 Å². The molecule has 0 radical (unpaired) electrons. The standard InChI is InChI=1S/C48H54N2O6/c1-5-7-15-31(17-11-9-13-29(3)51)27-49-45(53)37-23-19-33-35-21-25-39-44-40(26-22-36(42(35)44)34-20-24-38(46(49)54)43(37)41(33)34)48(56)50(47(39)55)28-32(16-8-6-2)18-12-10-14-30(4)52/h19-26,31-32H,5-18,27-28H2,1-4H3. The first-order chi connectivity index (χ1) is 27.0. The Balaban J connectivity index is 1.24. The van der Waals surface area contributed by atoms with Gasteiger partial charge in [0.25, 0.3) is 23.6 Å². The molecule has 2 heterocycles. The molecule has 2 atom stereocenters. The van der Waals surface area contributed by atoms with Crippen molar-refractivity contribution in [2.45, 2.75) is 118 Å². The van der Waals surface area contributed by atoms with Crippen LogP contribution in [0.4, 0.5) is 0 Å². The molecule has 2 aliphatic rings. The number of carbonyl (C=O) groups is 6. The van der Waals surface area contributed by atoms with E-state index in [1.54, 1.807) is 13.8 Å². The van der Waals surface area contributed by atoms with Crippen molar-refractivity contribution in [3.8, 4) is 0 Å². The second-order valence-corrected chi connectivity index (χ2v) is 16.5. The lowest BCUT2D eigenvalue weighted by Crippen LogP contribution is -2.43. The third-order valence-electron chi connectivity index (χ3n) is 12.4. The van der Waals surface area contributed by atoms with Crippen LogP contribution in [-0.2, 0) is 9.59 Å². The number of imide groups is 2. The van der Waals surface area contributed by atoms with E-state index in [4.69, 9.17) is 0 Å². The number of fused-ring (bicyclic) bond motifs is 2. The number of amides is 4. The van der Waals surface area contributed by atoms with Crippen LogP contribution in [0.25, 0.3) is 43.1 Å². The predicted molar refractivity (Wildman–Crippen MR) is 223 cm³/mol. The molecule has 0 spiro atoms. The van der Waals surface area contributed by atoms with E-state index in [2.05, 4.69) is 13.8 Å². The number of ketones is 2. The molecule has 0 aromatic heterocycles. The maximum atomic E-state index is 14.2. The van der Waals surface area contributed by atoms with Gasteiger partial charge in [-0.25, -0.2) is 0 Å². The van der Waals surface area contributed by atoms with Gasteiger partial charge in [0.15, 0.2) is 0 Å². The van der Waals surface area contributed by atoms with E-state index >= 15 is 0 Å². The molecule has 56 heavy (non-hydrogen) atoms. The molecule has 0 fully saturated rings. The topological polar surface area (TPSA) is 109 Å². The number of hydrogen-bond acceptors (Lipinski definition) is 6. The van der Waals surface area contributed by atoms with Crippen LogP contribution in [0.2, 0.25) is 0 Å². The molecule has 5 aromatic rings. The third kappa shape index (κ3) is 7.23. The predicted octanol–water partition coefficient (Wildman–Crippen LogP) is 10.8. The second kappa shape index (κ2) is 16.6. The first-order valence-corrected chi connectivity index (χ1v) is 21.0. The van der Waals surface area contributed by atoms with Gasteiger partial charge in [-0.1, -0.05) is 76.6 Å². The highest BCUT2D eigenvalue weighted by Gasteiger charge is 2.38. The summed E-state index contributed by atoms with van der Waals surface area (Å²) in [6, 6.07) is 15.2. The lowest BCUT2D eigenvalue weighted by molar-refractivity contribution is -0.118. The molecular weight excluding hydrogens is 701 g/mol. The van der Waals surface area contributed by atoms with Gasteiger partial charge in [0.2, 0.25) is 0 Å². The molecule has 292 valence electrons. The van der Waals surface area contributed by atoms with Crippen LogP contribution in [0.5, 0.6) is 0 Å². The zero-order valence-corrected chi connectivity index (χ0v) is 33.4. The lowest BCUT2D eigenvalue weighted by atomic mass is 9.82. The number of rotatable bonds is 20. The maximum absolute atomic E-state index is 14.2. The molecule has 0 N–H and O–H groups in total. The van der Waals surface area contributed by atoms with Gasteiger partial charge in [-0.05, 0) is 121 Å². The minimum Gasteiger partial charge on any atom is -0.300 e. The number of nitrogens with zero attached hydrogens (tertiary/aromatic N) is 2. The van der Waals surface area contributed by atoms with Gasteiger partial charge in [-0.3, -0.25) is 29.0 Å². The van der Waals surface area contributed by atoms with Gasteiger partial charge in [0.1, 0.15) is 11.6 Å². The first kappa shape index (κ1) is 39.3. The van der Waals surface area contributed by atoms with Crippen LogP contribution >= 0.6 is 0 Å². The molecule has 7 rings (SSSR count). The minimum absolute atomic E-state index is 0.164. The Bertz CT molecular complexity index is 2090. The molecule has 8 nitrogen and oxygen atoms in total. The monoisotopic (exact) mass is 754 g/mol. The van der Waals surface area contributed by atoms with Crippen LogP contribution in [0.1, 0.15) is 159 Å². The summed E-state index contributed by atoms with van der Waals surface area (Å²) >= 11 is 0. The van der Waals surface area contributed by atoms with Crippen molar-refractivity contribution in [1.82, 2.24) is 9.80 Å². The van der Waals surface area contributed by atoms with E-state index in [0.29, 0.717) is 59.0 Å². The smallest absolute Gasteiger partial charge is 0.261 e. The molecule has 8 heteroatoms. The zero-order valence-electron chi connectivity index (χ0n) is 33.4. The Kier molecular flexibility index (Phi) is 11.7. The Labute approximate surface area is 329 Å². The zero-order chi connectivity index (χ0) is 39.7. The van der Waals surface area contributed by atoms with Crippen molar-refractivity contribution in [3.63, 3.8) is 0 Å². The third-order valence-corrected chi connectivity index (χ3v) is 12.4. The van der Waals surface area contributed by atoms with Gasteiger partial charge in [-0.15, -0.1) is 0 Å². The SMILES string of the molecule is CCCCC(CCCCC(C)=O)CN1C(=O)c2ccc3c4ccc5c6c(ccc(c7ccc(c2c37)C1=O)c64)C(=O)N(CC(CCCC)CCCCC(C)=O)C5=O. The molecule has 0 saturated carbocycles. The fourth-order valence-electron chi connectivity index (χ4n) is 9.47. The average Bonchev–Trinajstić information content (AvgIpc) is 3.18. The van der Waals surface area contributed by atoms with E-state index in [-0.39, 0.29) is 47.0 Å². The average molecular weight is 755 g/mol. The Morgan fingerprint density at radius 2 is 0.750 bits per heavy atom. The highest BCUT2D eigenvalue weighted by molar-refractivity contribution is 6.41. The summed E-state index contributed by atoms with van der Waals surface area (Å²) in [7, 11) is 0. The summed E-state index contributed by atoms with van der Waals surface area (Å²) in [6.07, 6.45) is 12.1. The molecule has 0 saturated heterocycles. The molecule has 4 amide bonds. The van der Waals surface area contributed by atoms with Crippen LogP contribution in [0, 0.1) is 11.8 Å². The quantitative estimate of drug-likeness (QED) is 0.0339. The van der Waals surface area contributed by atoms with E-state index in [9.17, 15) is 28.8 Å². The van der Waals surface area contributed by atoms with Crippen molar-refractivity contribution in [2.24, 2.45) is 11.8 Å². The minimum atomic E-state index is -0.278. The highest BCUT2D eigenvalue weighted by Crippen LogP contribution is 2.46. The van der Waals surface area contributed by atoms with Crippen molar-refractivity contribution in [1.29, 1.82) is 0 Å². The molecule has 2 aliphatic heterocycles. The van der Waals surface area contributed by atoms with Gasteiger partial charge in [0, 0.05) is 59.0 Å². The van der Waals surface area contributed by atoms with Crippen LogP contribution in [0.3, 0.4) is 0 Å². The summed E-state index contributed by atoms with van der Waals surface area (Å²) in [4.78, 5) is 82.9. The van der Waals surface area contributed by atoms with E-state index in [1.165, 1.54) is 9.80 Å². The summed E-state index contributed by atoms with van der Waals surface area (Å²) in [6.45, 7) is 8.22. The van der Waals surface area contributed by atoms with Crippen LogP contribution in [0.15, 0.2) is 48.5 Å². The summed E-state index contributed by atoms with van der Waals surface area (Å²) in [5.74, 6) is -0.421. The molecular formula is C48H54N2O6. The first-order valence-electron chi connectivity index (χ1n) is 21.0. The summed E-state index contributed by atoms with van der Waals surface area (Å²) in [5, 5.41) is 6.54. The highest BCUT2D eigenvalue weighted by atomic mass is 16.2. The van der Waals surface area contributed by atoms with Crippen molar-refractivity contribution >= 4 is 78.3 Å². The number of carbonyl (C=O) groups excluding carboxylic acids is 6. The van der Waals surface area contributed by atoms with Crippen molar-refractivity contribution < 1.29 is 28.8 Å². The van der Waals surface area contributed by atoms with E-state index in [1.807, 2.05) is 48.5 Å². The van der Waals surface area contributed by atoms with Crippen LogP contribution in [-0.4, -0.2) is 58.1 Å². The van der Waals surface area contributed by atoms with Crippen molar-refractivity contribution in [3.05, 3.63) is 70.8 Å². The largest absolute Gasteiger partial charge is 0.300 e. The van der Waals surface area contributed by atoms with Crippen molar-refractivity contribution in [2.75, 3.05) is 13.1 Å². The van der Waals surface area contributed by atoms with Gasteiger partial charge < -0.3 is 9.59 Å². The number of benzene rings is 5. The number of Topliss-reactive ketones (excluding diaryl/α,β-unsaturated/α-hetero) is 2. The fraction of sp³-hybridized carbons (Fsp3) is 0.458. The van der Waals surface area contributed by atoms with E-state index < -0.39 is 0 Å². The number of unbranched alkanes of at least 4 members (excludes halogenated alkanes) is 4. The molecule has 0 bridgehead atoms. The molecule has 2 unspecified atom stereocenters. The van der Waals surface area contributed by atoms with Gasteiger partial charge in [0.05, 0.1) is 0 Å². The summed E-state index contributed by atoms with van der Waals surface area (Å²) < 4.78 is 0. The lowest BCUT2D eigenvalue weighted by Gasteiger charge is -2.32. The second-order valence-electron chi connectivity index (χ2n) is 16.5. The number of hydrogen-bond donors (Lipinski definition) is 0. The Morgan fingerprint density at radius 1 is 0.446 bits per heavy atom.